The zero-order valence-electron chi connectivity index (χ0n) is 20.2. The number of anilines is 2. The first-order valence-corrected chi connectivity index (χ1v) is 11.5. The Bertz CT molecular complexity index is 1500. The maximum absolute atomic E-state index is 13.4. The summed E-state index contributed by atoms with van der Waals surface area (Å²) in [6, 6.07) is 20.0. The third-order valence-electron chi connectivity index (χ3n) is 6.78. The van der Waals surface area contributed by atoms with Crippen LogP contribution in [0.5, 0.6) is 0 Å². The van der Waals surface area contributed by atoms with Gasteiger partial charge in [0.15, 0.2) is 0 Å². The molecule has 0 bridgehead atoms. The second-order valence-electron chi connectivity index (χ2n) is 9.17. The fraction of sp³-hybridized carbons (Fsp3) is 0.172. The number of para-hydroxylation sites is 1. The molecule has 5 rings (SSSR count). The molecule has 4 aromatic rings. The van der Waals surface area contributed by atoms with Crippen LogP contribution in [-0.2, 0) is 9.59 Å². The lowest BCUT2D eigenvalue weighted by atomic mass is 9.94. The van der Waals surface area contributed by atoms with Crippen molar-refractivity contribution in [3.63, 3.8) is 0 Å². The first-order valence-electron chi connectivity index (χ1n) is 11.5. The van der Waals surface area contributed by atoms with Gasteiger partial charge in [0.2, 0.25) is 0 Å². The number of aliphatic hydroxyl groups excluding tert-OH is 1. The van der Waals surface area contributed by atoms with Crippen LogP contribution >= 0.6 is 0 Å². The summed E-state index contributed by atoms with van der Waals surface area (Å²) < 4.78 is 0. The summed E-state index contributed by atoms with van der Waals surface area (Å²) in [6.07, 6.45) is 1.82. The van der Waals surface area contributed by atoms with Crippen molar-refractivity contribution in [1.29, 1.82) is 0 Å². The van der Waals surface area contributed by atoms with Gasteiger partial charge in [-0.2, -0.15) is 0 Å². The molecule has 1 fully saturated rings. The first-order chi connectivity index (χ1) is 16.8. The van der Waals surface area contributed by atoms with Crippen LogP contribution in [0.1, 0.15) is 28.3 Å². The standard InChI is InChI=1S/C29H27N3O3/c1-17-9-10-19(15-18(17)2)27(33)25-26(23-16-30-24-8-6-5-7-22(23)24)32(29(35)28(25)34)21-13-11-20(12-14-21)31(3)4/h5-16,26,30,33H,1-4H3/b27-25+. The topological polar surface area (TPSA) is 76.6 Å². The third kappa shape index (κ3) is 3.67. The summed E-state index contributed by atoms with van der Waals surface area (Å²) >= 11 is 0. The van der Waals surface area contributed by atoms with E-state index in [1.807, 2.05) is 99.7 Å². The number of hydrogen-bond acceptors (Lipinski definition) is 4. The molecule has 6 nitrogen and oxygen atoms in total. The number of rotatable bonds is 4. The van der Waals surface area contributed by atoms with Crippen molar-refractivity contribution >= 4 is 39.7 Å². The van der Waals surface area contributed by atoms with Gasteiger partial charge in [0.25, 0.3) is 11.7 Å². The molecule has 1 aromatic heterocycles. The maximum Gasteiger partial charge on any atom is 0.300 e. The Morgan fingerprint density at radius 2 is 1.66 bits per heavy atom. The molecule has 3 aromatic carbocycles. The van der Waals surface area contributed by atoms with Crippen LogP contribution in [0.15, 0.2) is 78.5 Å². The Kier molecular flexibility index (Phi) is 5.44. The van der Waals surface area contributed by atoms with E-state index in [1.54, 1.807) is 6.07 Å². The molecule has 6 heteroatoms. The minimum Gasteiger partial charge on any atom is -0.507 e. The predicted octanol–water partition coefficient (Wildman–Crippen LogP) is 5.48. The van der Waals surface area contributed by atoms with Gasteiger partial charge in [0, 0.05) is 53.7 Å². The van der Waals surface area contributed by atoms with Crippen LogP contribution in [0.4, 0.5) is 11.4 Å². The molecule has 2 N–H and O–H groups in total. The van der Waals surface area contributed by atoms with Crippen molar-refractivity contribution in [2.45, 2.75) is 19.9 Å². The van der Waals surface area contributed by atoms with E-state index in [-0.39, 0.29) is 11.3 Å². The summed E-state index contributed by atoms with van der Waals surface area (Å²) in [4.78, 5) is 33.6. The second kappa shape index (κ2) is 8.47. The van der Waals surface area contributed by atoms with E-state index in [9.17, 15) is 14.7 Å². The quantitative estimate of drug-likeness (QED) is 0.238. The van der Waals surface area contributed by atoms with Crippen LogP contribution < -0.4 is 9.80 Å². The highest BCUT2D eigenvalue weighted by Crippen LogP contribution is 2.44. The van der Waals surface area contributed by atoms with Crippen molar-refractivity contribution < 1.29 is 14.7 Å². The number of nitrogens with zero attached hydrogens (tertiary/aromatic N) is 2. The van der Waals surface area contributed by atoms with E-state index in [4.69, 9.17) is 0 Å². The van der Waals surface area contributed by atoms with Gasteiger partial charge in [0.05, 0.1) is 11.6 Å². The van der Waals surface area contributed by atoms with Gasteiger partial charge in [0.1, 0.15) is 5.76 Å². The summed E-state index contributed by atoms with van der Waals surface area (Å²) in [5.74, 6) is -1.54. The number of aliphatic hydroxyl groups is 1. The molecule has 1 saturated heterocycles. The number of fused-ring (bicyclic) bond motifs is 1. The number of ketones is 1. The predicted molar refractivity (Wildman–Crippen MR) is 140 cm³/mol. The van der Waals surface area contributed by atoms with Gasteiger partial charge >= 0.3 is 0 Å². The first kappa shape index (κ1) is 22.5. The number of aromatic nitrogens is 1. The number of Topliss-reactive ketones (excluding diaryl/α,β-unsaturated/α-hetero) is 1. The van der Waals surface area contributed by atoms with E-state index in [2.05, 4.69) is 4.98 Å². The van der Waals surface area contributed by atoms with Gasteiger partial charge in [-0.3, -0.25) is 14.5 Å². The molecule has 1 unspecified atom stereocenters. The van der Waals surface area contributed by atoms with Gasteiger partial charge in [-0.1, -0.05) is 30.3 Å². The second-order valence-corrected chi connectivity index (χ2v) is 9.17. The maximum atomic E-state index is 13.4. The lowest BCUT2D eigenvalue weighted by Crippen LogP contribution is -2.29. The third-order valence-corrected chi connectivity index (χ3v) is 6.78. The van der Waals surface area contributed by atoms with Gasteiger partial charge in [-0.25, -0.2) is 0 Å². The number of H-pyrrole nitrogens is 1. The Morgan fingerprint density at radius 3 is 2.34 bits per heavy atom. The Morgan fingerprint density at radius 1 is 0.943 bits per heavy atom. The molecule has 0 radical (unpaired) electrons. The molecule has 35 heavy (non-hydrogen) atoms. The molecule has 0 spiro atoms. The Hall–Kier alpha value is -4.32. The molecule has 1 amide bonds. The Labute approximate surface area is 204 Å². The lowest BCUT2D eigenvalue weighted by Gasteiger charge is -2.25. The highest BCUT2D eigenvalue weighted by molar-refractivity contribution is 6.51. The molecule has 2 heterocycles. The SMILES string of the molecule is Cc1ccc(/C(O)=C2\C(=O)C(=O)N(c3ccc(N(C)C)cc3)C2c2c[nH]c3ccccc23)cc1C. The minimum atomic E-state index is -0.780. The van der Waals surface area contributed by atoms with Gasteiger partial charge in [-0.05, 0) is 61.4 Å². The summed E-state index contributed by atoms with van der Waals surface area (Å²) in [6.45, 7) is 3.94. The molecule has 0 aliphatic carbocycles. The van der Waals surface area contributed by atoms with Crippen molar-refractivity contribution in [3.8, 4) is 0 Å². The normalized spacial score (nSPS) is 17.4. The summed E-state index contributed by atoms with van der Waals surface area (Å²) in [5, 5.41) is 12.3. The van der Waals surface area contributed by atoms with E-state index < -0.39 is 17.7 Å². The average molecular weight is 466 g/mol. The van der Waals surface area contributed by atoms with Crippen LogP contribution in [-0.4, -0.2) is 35.9 Å². The number of hydrogen-bond donors (Lipinski definition) is 2. The van der Waals surface area contributed by atoms with E-state index in [0.717, 1.165) is 33.3 Å². The highest BCUT2D eigenvalue weighted by atomic mass is 16.3. The average Bonchev–Trinajstić information content (AvgIpc) is 3.39. The fourth-order valence-corrected chi connectivity index (χ4v) is 4.67. The smallest absolute Gasteiger partial charge is 0.300 e. The monoisotopic (exact) mass is 465 g/mol. The molecule has 1 atom stereocenters. The van der Waals surface area contributed by atoms with Crippen LogP contribution in [0.2, 0.25) is 0 Å². The molecular weight excluding hydrogens is 438 g/mol. The molecular formula is C29H27N3O3. The molecule has 176 valence electrons. The van der Waals surface area contributed by atoms with Crippen LogP contribution in [0, 0.1) is 13.8 Å². The van der Waals surface area contributed by atoms with Crippen LogP contribution in [0.25, 0.3) is 16.7 Å². The molecule has 1 aliphatic heterocycles. The largest absolute Gasteiger partial charge is 0.507 e. The van der Waals surface area contributed by atoms with Crippen LogP contribution in [0.3, 0.4) is 0 Å². The number of benzene rings is 3. The van der Waals surface area contributed by atoms with Gasteiger partial charge in [-0.15, -0.1) is 0 Å². The summed E-state index contributed by atoms with van der Waals surface area (Å²) in [7, 11) is 3.88. The fourth-order valence-electron chi connectivity index (χ4n) is 4.67. The van der Waals surface area contributed by atoms with E-state index >= 15 is 0 Å². The number of aryl methyl sites for hydroxylation is 2. The number of carbonyl (C=O) groups is 2. The van der Waals surface area contributed by atoms with E-state index in [0.29, 0.717) is 11.3 Å². The van der Waals surface area contributed by atoms with Crippen molar-refractivity contribution in [2.24, 2.45) is 0 Å². The zero-order chi connectivity index (χ0) is 24.9. The number of nitrogens with one attached hydrogen (secondary N) is 1. The van der Waals surface area contributed by atoms with Crippen molar-refractivity contribution in [1.82, 2.24) is 4.98 Å². The number of amides is 1. The van der Waals surface area contributed by atoms with Crippen molar-refractivity contribution in [3.05, 3.63) is 101 Å². The highest BCUT2D eigenvalue weighted by Gasteiger charge is 2.47. The number of aromatic amines is 1. The van der Waals surface area contributed by atoms with Gasteiger partial charge < -0.3 is 15.0 Å². The molecule has 1 aliphatic rings. The molecule has 0 saturated carbocycles. The Balaban J connectivity index is 1.75. The van der Waals surface area contributed by atoms with E-state index in [1.165, 1.54) is 4.90 Å². The van der Waals surface area contributed by atoms with Crippen molar-refractivity contribution in [2.75, 3.05) is 23.9 Å². The number of carbonyl (C=O) groups excluding carboxylic acids is 2. The zero-order valence-corrected chi connectivity index (χ0v) is 20.2. The minimum absolute atomic E-state index is 0.0830. The summed E-state index contributed by atoms with van der Waals surface area (Å²) in [5.41, 5.74) is 5.88. The lowest BCUT2D eigenvalue weighted by molar-refractivity contribution is -0.132.